The topological polar surface area (TPSA) is 77.3 Å². The van der Waals surface area contributed by atoms with E-state index in [0.29, 0.717) is 25.5 Å². The summed E-state index contributed by atoms with van der Waals surface area (Å²) in [6.07, 6.45) is 4.00. The van der Waals surface area contributed by atoms with Crippen LogP contribution < -0.4 is 10.5 Å². The van der Waals surface area contributed by atoms with Gasteiger partial charge in [0.1, 0.15) is 5.75 Å². The minimum Gasteiger partial charge on any atom is -0.493 e. The van der Waals surface area contributed by atoms with Gasteiger partial charge in [-0.05, 0) is 42.9 Å². The first-order valence-corrected chi connectivity index (χ1v) is 7.57. The molecule has 20 heavy (non-hydrogen) atoms. The third-order valence-electron chi connectivity index (χ3n) is 3.96. The Morgan fingerprint density at radius 1 is 1.35 bits per heavy atom. The van der Waals surface area contributed by atoms with Gasteiger partial charge in [-0.25, -0.2) is 0 Å². The first-order valence-electron chi connectivity index (χ1n) is 7.57. The van der Waals surface area contributed by atoms with E-state index in [1.165, 1.54) is 0 Å². The van der Waals surface area contributed by atoms with Crippen LogP contribution in [0, 0.1) is 5.92 Å². The first kappa shape index (κ1) is 15.3. The second kappa shape index (κ2) is 7.62. The molecule has 0 spiro atoms. The van der Waals surface area contributed by atoms with Crippen LogP contribution in [0.3, 0.4) is 0 Å². The molecule has 4 heteroatoms. The van der Waals surface area contributed by atoms with Gasteiger partial charge < -0.3 is 20.7 Å². The van der Waals surface area contributed by atoms with Crippen LogP contribution in [0.1, 0.15) is 43.8 Å². The molecule has 5 N–H and O–H groups in total. The lowest BCUT2D eigenvalue weighted by Gasteiger charge is -2.25. The fourth-order valence-corrected chi connectivity index (χ4v) is 2.80. The van der Waals surface area contributed by atoms with Gasteiger partial charge in [-0.15, -0.1) is 0 Å². The van der Waals surface area contributed by atoms with Crippen LogP contribution in [0.15, 0.2) is 24.3 Å². The van der Waals surface area contributed by atoms with E-state index in [4.69, 9.17) is 4.74 Å². The minimum atomic E-state index is -0.465. The summed E-state index contributed by atoms with van der Waals surface area (Å²) in [5.41, 5.74) is 4.65. The van der Waals surface area contributed by atoms with E-state index in [9.17, 15) is 10.2 Å². The van der Waals surface area contributed by atoms with Crippen molar-refractivity contribution in [1.82, 2.24) is 0 Å². The van der Waals surface area contributed by atoms with Crippen LogP contribution in [-0.2, 0) is 0 Å². The molecule has 0 bridgehead atoms. The second-order valence-corrected chi connectivity index (χ2v) is 5.73. The molecule has 1 aliphatic rings. The Balaban J connectivity index is 1.87. The van der Waals surface area contributed by atoms with E-state index in [0.717, 1.165) is 37.0 Å². The van der Waals surface area contributed by atoms with Crippen molar-refractivity contribution in [3.8, 4) is 5.75 Å². The van der Waals surface area contributed by atoms with Crippen molar-refractivity contribution >= 4 is 0 Å². The van der Waals surface area contributed by atoms with Gasteiger partial charge in [0.2, 0.25) is 0 Å². The monoisotopic (exact) mass is 280 g/mol. The first-order chi connectivity index (χ1) is 9.69. The van der Waals surface area contributed by atoms with Gasteiger partial charge in [-0.1, -0.05) is 18.6 Å². The Morgan fingerprint density at radius 3 is 2.95 bits per heavy atom. The van der Waals surface area contributed by atoms with Crippen molar-refractivity contribution in [1.29, 1.82) is 0 Å². The van der Waals surface area contributed by atoms with E-state index in [-0.39, 0.29) is 6.10 Å². The zero-order valence-electron chi connectivity index (χ0n) is 12.0. The SMILES string of the molecule is [NH3+]CCC(O)c1cccc(OCC2CCCC(O)C2)c1. The zero-order chi connectivity index (χ0) is 14.4. The molecule has 0 aliphatic heterocycles. The molecule has 1 fully saturated rings. The molecular weight excluding hydrogens is 254 g/mol. The molecule has 3 unspecified atom stereocenters. The Hall–Kier alpha value is -1.10. The lowest BCUT2D eigenvalue weighted by atomic mass is 9.88. The molecule has 1 aromatic carbocycles. The summed E-state index contributed by atoms with van der Waals surface area (Å²) in [5, 5.41) is 19.6. The molecule has 0 radical (unpaired) electrons. The highest BCUT2D eigenvalue weighted by molar-refractivity contribution is 5.29. The molecule has 3 atom stereocenters. The molecule has 4 nitrogen and oxygen atoms in total. The standard InChI is InChI=1S/C16H25NO3/c17-8-7-16(19)13-4-2-6-15(10-13)20-11-12-3-1-5-14(18)9-12/h2,4,6,10,12,14,16,18-19H,1,3,5,7-9,11,17H2/p+1. The normalized spacial score (nSPS) is 24.4. The summed E-state index contributed by atoms with van der Waals surface area (Å²) in [5.74, 6) is 1.23. The molecule has 0 amide bonds. The number of aliphatic hydroxyl groups excluding tert-OH is 2. The highest BCUT2D eigenvalue weighted by Crippen LogP contribution is 2.26. The molecule has 0 aromatic heterocycles. The van der Waals surface area contributed by atoms with Gasteiger partial charge in [0.25, 0.3) is 0 Å². The lowest BCUT2D eigenvalue weighted by molar-refractivity contribution is -0.371. The van der Waals surface area contributed by atoms with E-state index in [2.05, 4.69) is 5.73 Å². The van der Waals surface area contributed by atoms with Crippen LogP contribution >= 0.6 is 0 Å². The lowest BCUT2D eigenvalue weighted by Crippen LogP contribution is -2.50. The number of ether oxygens (including phenoxy) is 1. The molecule has 0 saturated heterocycles. The van der Waals surface area contributed by atoms with Gasteiger partial charge in [0.05, 0.1) is 25.4 Å². The fourth-order valence-electron chi connectivity index (χ4n) is 2.80. The quantitative estimate of drug-likeness (QED) is 0.734. The van der Waals surface area contributed by atoms with E-state index < -0.39 is 6.10 Å². The smallest absolute Gasteiger partial charge is 0.119 e. The Bertz CT molecular complexity index is 410. The predicted octanol–water partition coefficient (Wildman–Crippen LogP) is 1.28. The highest BCUT2D eigenvalue weighted by atomic mass is 16.5. The van der Waals surface area contributed by atoms with Gasteiger partial charge in [-0.2, -0.15) is 0 Å². The maximum atomic E-state index is 9.97. The number of hydrogen-bond acceptors (Lipinski definition) is 3. The Kier molecular flexibility index (Phi) is 5.83. The van der Waals surface area contributed by atoms with Crippen LogP contribution in [0.4, 0.5) is 0 Å². The average Bonchev–Trinajstić information content (AvgIpc) is 2.46. The van der Waals surface area contributed by atoms with Gasteiger partial charge in [0.15, 0.2) is 0 Å². The summed E-state index contributed by atoms with van der Waals surface area (Å²) in [6, 6.07) is 7.64. The average molecular weight is 280 g/mol. The van der Waals surface area contributed by atoms with Crippen molar-refractivity contribution < 1.29 is 20.7 Å². The third kappa shape index (κ3) is 4.47. The summed E-state index contributed by atoms with van der Waals surface area (Å²) in [4.78, 5) is 0. The van der Waals surface area contributed by atoms with Crippen LogP contribution in [-0.4, -0.2) is 29.5 Å². The number of benzene rings is 1. The van der Waals surface area contributed by atoms with Gasteiger partial charge >= 0.3 is 0 Å². The largest absolute Gasteiger partial charge is 0.493 e. The Morgan fingerprint density at radius 2 is 2.20 bits per heavy atom. The highest BCUT2D eigenvalue weighted by Gasteiger charge is 2.20. The van der Waals surface area contributed by atoms with E-state index in [1.807, 2.05) is 24.3 Å². The zero-order valence-corrected chi connectivity index (χ0v) is 12.0. The van der Waals surface area contributed by atoms with Gasteiger partial charge in [0, 0.05) is 6.42 Å². The van der Waals surface area contributed by atoms with Crippen LogP contribution in [0.25, 0.3) is 0 Å². The van der Waals surface area contributed by atoms with Crippen LogP contribution in [0.2, 0.25) is 0 Å². The van der Waals surface area contributed by atoms with Crippen molar-refractivity contribution in [3.05, 3.63) is 29.8 Å². The summed E-state index contributed by atoms with van der Waals surface area (Å²) in [7, 11) is 0. The van der Waals surface area contributed by atoms with Crippen molar-refractivity contribution in [2.24, 2.45) is 5.92 Å². The second-order valence-electron chi connectivity index (χ2n) is 5.73. The summed E-state index contributed by atoms with van der Waals surface area (Å²) >= 11 is 0. The number of hydrogen-bond donors (Lipinski definition) is 3. The van der Waals surface area contributed by atoms with Crippen molar-refractivity contribution in [3.63, 3.8) is 0 Å². The maximum Gasteiger partial charge on any atom is 0.119 e. The number of aliphatic hydroxyl groups is 2. The van der Waals surface area contributed by atoms with E-state index in [1.54, 1.807) is 0 Å². The number of rotatable bonds is 6. The van der Waals surface area contributed by atoms with Gasteiger partial charge in [-0.3, -0.25) is 0 Å². The molecule has 2 rings (SSSR count). The molecular formula is C16H26NO3+. The third-order valence-corrected chi connectivity index (χ3v) is 3.96. The minimum absolute atomic E-state index is 0.164. The predicted molar refractivity (Wildman–Crippen MR) is 77.2 cm³/mol. The molecule has 1 aliphatic carbocycles. The van der Waals surface area contributed by atoms with Crippen LogP contribution in [0.5, 0.6) is 5.75 Å². The molecule has 1 aromatic rings. The van der Waals surface area contributed by atoms with Crippen molar-refractivity contribution in [2.75, 3.05) is 13.2 Å². The van der Waals surface area contributed by atoms with Crippen molar-refractivity contribution in [2.45, 2.75) is 44.3 Å². The fraction of sp³-hybridized carbons (Fsp3) is 0.625. The number of quaternary nitrogens is 1. The Labute approximate surface area is 120 Å². The molecule has 0 heterocycles. The summed E-state index contributed by atoms with van der Waals surface area (Å²) < 4.78 is 5.82. The molecule has 1 saturated carbocycles. The maximum absolute atomic E-state index is 9.97. The molecule has 112 valence electrons. The van der Waals surface area contributed by atoms with E-state index >= 15 is 0 Å². The summed E-state index contributed by atoms with van der Waals surface area (Å²) in [6.45, 7) is 1.36.